The molecule has 0 amide bonds. The molecule has 0 saturated carbocycles. The van der Waals surface area contributed by atoms with E-state index in [1.165, 1.54) is 0 Å². The molecule has 0 radical (unpaired) electrons. The first kappa shape index (κ1) is 9.87. The lowest BCUT2D eigenvalue weighted by atomic mass is 10.3. The highest BCUT2D eigenvalue weighted by molar-refractivity contribution is 7.86. The number of hydrogen-bond acceptors (Lipinski definition) is 4. The zero-order valence-electron chi connectivity index (χ0n) is 6.20. The lowest BCUT2D eigenvalue weighted by molar-refractivity contribution is 0.395. The van der Waals surface area contributed by atoms with Gasteiger partial charge in [-0.2, -0.15) is 8.42 Å². The minimum absolute atomic E-state index is 0.00116. The summed E-state index contributed by atoms with van der Waals surface area (Å²) in [4.78, 5) is 0. The molecular weight excluding hydrogens is 154 g/mol. The molecule has 0 spiro atoms. The summed E-state index contributed by atoms with van der Waals surface area (Å²) in [5.74, 6) is 0.00116. The van der Waals surface area contributed by atoms with Crippen LogP contribution in [-0.2, 0) is 14.3 Å². The molecule has 0 aliphatic carbocycles. The first-order valence-corrected chi connectivity index (χ1v) is 4.59. The lowest BCUT2D eigenvalue weighted by Gasteiger charge is -2.03. The molecule has 0 aromatic rings. The highest BCUT2D eigenvalue weighted by atomic mass is 32.2. The van der Waals surface area contributed by atoms with Crippen molar-refractivity contribution in [1.29, 1.82) is 0 Å². The molecule has 0 rings (SSSR count). The van der Waals surface area contributed by atoms with Crippen molar-refractivity contribution in [1.82, 2.24) is 0 Å². The molecule has 5 heteroatoms. The number of nitrogens with two attached hydrogens (primary N) is 1. The minimum atomic E-state index is -3.29. The van der Waals surface area contributed by atoms with Gasteiger partial charge in [0.1, 0.15) is 0 Å². The summed E-state index contributed by atoms with van der Waals surface area (Å²) < 4.78 is 25.5. The van der Waals surface area contributed by atoms with Gasteiger partial charge in [0.05, 0.1) is 12.9 Å². The van der Waals surface area contributed by atoms with Gasteiger partial charge in [-0.05, 0) is 13.3 Å². The van der Waals surface area contributed by atoms with Crippen molar-refractivity contribution in [3.8, 4) is 0 Å². The maximum Gasteiger partial charge on any atom is 0.267 e. The van der Waals surface area contributed by atoms with Gasteiger partial charge in [-0.1, -0.05) is 0 Å². The molecule has 62 valence electrons. The summed E-state index contributed by atoms with van der Waals surface area (Å²) >= 11 is 0. The summed E-state index contributed by atoms with van der Waals surface area (Å²) in [7, 11) is -2.15. The first-order valence-electron chi connectivity index (χ1n) is 3.02. The van der Waals surface area contributed by atoms with Gasteiger partial charge in [0.2, 0.25) is 0 Å². The topological polar surface area (TPSA) is 69.4 Å². The second-order valence-corrected chi connectivity index (χ2v) is 4.05. The van der Waals surface area contributed by atoms with Crippen molar-refractivity contribution in [2.45, 2.75) is 19.4 Å². The van der Waals surface area contributed by atoms with E-state index in [4.69, 9.17) is 5.73 Å². The number of rotatable bonds is 4. The van der Waals surface area contributed by atoms with Gasteiger partial charge in [-0.25, -0.2) is 0 Å². The van der Waals surface area contributed by atoms with Crippen molar-refractivity contribution < 1.29 is 12.6 Å². The Hall–Kier alpha value is -0.130. The third-order valence-electron chi connectivity index (χ3n) is 1.08. The van der Waals surface area contributed by atoms with E-state index in [2.05, 4.69) is 4.18 Å². The van der Waals surface area contributed by atoms with Gasteiger partial charge in [0.15, 0.2) is 0 Å². The van der Waals surface area contributed by atoms with Crippen molar-refractivity contribution in [2.75, 3.05) is 12.9 Å². The van der Waals surface area contributed by atoms with Crippen LogP contribution in [0.2, 0.25) is 0 Å². The van der Waals surface area contributed by atoms with Crippen molar-refractivity contribution in [3.63, 3.8) is 0 Å². The zero-order valence-corrected chi connectivity index (χ0v) is 7.02. The van der Waals surface area contributed by atoms with E-state index in [-0.39, 0.29) is 11.8 Å². The summed E-state index contributed by atoms with van der Waals surface area (Å²) in [6.07, 6.45) is 0.441. The predicted octanol–water partition coefficient (Wildman–Crippen LogP) is -0.300. The summed E-state index contributed by atoms with van der Waals surface area (Å²) in [5.41, 5.74) is 5.33. The fourth-order valence-electron chi connectivity index (χ4n) is 0.414. The fourth-order valence-corrected chi connectivity index (χ4v) is 1.24. The van der Waals surface area contributed by atoms with Crippen LogP contribution in [0, 0.1) is 0 Å². The molecule has 4 nitrogen and oxygen atoms in total. The second kappa shape index (κ2) is 3.90. The summed E-state index contributed by atoms with van der Waals surface area (Å²) in [5, 5.41) is 0. The summed E-state index contributed by atoms with van der Waals surface area (Å²) in [6.45, 7) is 1.76. The van der Waals surface area contributed by atoms with Gasteiger partial charge < -0.3 is 5.73 Å². The van der Waals surface area contributed by atoms with Gasteiger partial charge in [-0.15, -0.1) is 0 Å². The van der Waals surface area contributed by atoms with Crippen LogP contribution >= 0.6 is 0 Å². The van der Waals surface area contributed by atoms with Crippen LogP contribution in [0.5, 0.6) is 0 Å². The third kappa shape index (κ3) is 4.72. The average Bonchev–Trinajstić information content (AvgIpc) is 1.85. The van der Waals surface area contributed by atoms with E-state index in [1.54, 1.807) is 6.92 Å². The SMILES string of the molecule is COS(=O)(=O)CCC(C)N. The molecule has 0 saturated heterocycles. The van der Waals surface area contributed by atoms with Crippen LogP contribution in [-0.4, -0.2) is 27.3 Å². The highest BCUT2D eigenvalue weighted by Crippen LogP contribution is 1.95. The van der Waals surface area contributed by atoms with Gasteiger partial charge >= 0.3 is 0 Å². The molecule has 0 aliphatic rings. The molecule has 0 fully saturated rings. The van der Waals surface area contributed by atoms with Crippen molar-refractivity contribution >= 4 is 10.1 Å². The minimum Gasteiger partial charge on any atom is -0.328 e. The molecule has 0 bridgehead atoms. The Balaban J connectivity index is 3.70. The largest absolute Gasteiger partial charge is 0.328 e. The molecule has 2 N–H and O–H groups in total. The average molecular weight is 167 g/mol. The van der Waals surface area contributed by atoms with E-state index < -0.39 is 10.1 Å². The molecule has 1 atom stereocenters. The molecule has 0 aromatic carbocycles. The van der Waals surface area contributed by atoms with E-state index in [0.29, 0.717) is 6.42 Å². The third-order valence-corrected chi connectivity index (χ3v) is 2.32. The first-order chi connectivity index (χ1) is 4.48. The smallest absolute Gasteiger partial charge is 0.267 e. The van der Waals surface area contributed by atoms with E-state index >= 15 is 0 Å². The molecule has 0 aliphatic heterocycles. The monoisotopic (exact) mass is 167 g/mol. The maximum absolute atomic E-state index is 10.6. The van der Waals surface area contributed by atoms with Crippen LogP contribution in [0.4, 0.5) is 0 Å². The Bertz CT molecular complexity index is 173. The normalized spacial score (nSPS) is 15.1. The van der Waals surface area contributed by atoms with E-state index in [9.17, 15) is 8.42 Å². The Morgan fingerprint density at radius 1 is 1.60 bits per heavy atom. The quantitative estimate of drug-likeness (QED) is 0.584. The van der Waals surface area contributed by atoms with Crippen LogP contribution < -0.4 is 5.73 Å². The summed E-state index contributed by atoms with van der Waals surface area (Å²) in [6, 6.07) is -0.0927. The molecule has 0 heterocycles. The van der Waals surface area contributed by atoms with Crippen LogP contribution in [0.25, 0.3) is 0 Å². The second-order valence-electron chi connectivity index (χ2n) is 2.19. The predicted molar refractivity (Wildman–Crippen MR) is 39.1 cm³/mol. The number of hydrogen-bond donors (Lipinski definition) is 1. The lowest BCUT2D eigenvalue weighted by Crippen LogP contribution is -2.20. The van der Waals surface area contributed by atoms with Crippen LogP contribution in [0.3, 0.4) is 0 Å². The van der Waals surface area contributed by atoms with Crippen molar-refractivity contribution in [3.05, 3.63) is 0 Å². The van der Waals surface area contributed by atoms with Gasteiger partial charge in [0, 0.05) is 6.04 Å². The zero-order chi connectivity index (χ0) is 8.20. The van der Waals surface area contributed by atoms with Crippen LogP contribution in [0.1, 0.15) is 13.3 Å². The molecule has 1 unspecified atom stereocenters. The van der Waals surface area contributed by atoms with Crippen molar-refractivity contribution in [2.24, 2.45) is 5.73 Å². The molecular formula is C5H13NO3S. The Labute approximate surface area is 61.5 Å². The highest BCUT2D eigenvalue weighted by Gasteiger charge is 2.08. The fraction of sp³-hybridized carbons (Fsp3) is 1.00. The maximum atomic E-state index is 10.6. The van der Waals surface area contributed by atoms with Crippen LogP contribution in [0.15, 0.2) is 0 Å². The Morgan fingerprint density at radius 3 is 2.40 bits per heavy atom. The Morgan fingerprint density at radius 2 is 2.10 bits per heavy atom. The Kier molecular flexibility index (Phi) is 3.85. The van der Waals surface area contributed by atoms with Gasteiger partial charge in [0.25, 0.3) is 10.1 Å². The van der Waals surface area contributed by atoms with E-state index in [0.717, 1.165) is 7.11 Å². The van der Waals surface area contributed by atoms with E-state index in [1.807, 2.05) is 0 Å². The van der Waals surface area contributed by atoms with Gasteiger partial charge in [-0.3, -0.25) is 4.18 Å². The molecule has 10 heavy (non-hydrogen) atoms. The standard InChI is InChI=1S/C5H13NO3S/c1-5(6)3-4-10(7,8)9-2/h5H,3-4,6H2,1-2H3. The molecule has 0 aromatic heterocycles.